The predicted octanol–water partition coefficient (Wildman–Crippen LogP) is 5.23. The van der Waals surface area contributed by atoms with Crippen LogP contribution in [0.1, 0.15) is 31.7 Å². The lowest BCUT2D eigenvalue weighted by molar-refractivity contribution is -0.137. The molecule has 1 unspecified atom stereocenters. The highest BCUT2D eigenvalue weighted by atomic mass is 19.4. The Labute approximate surface area is 169 Å². The quantitative estimate of drug-likeness (QED) is 0.509. The second-order valence-corrected chi connectivity index (χ2v) is 8.25. The number of rotatable bonds is 5. The van der Waals surface area contributed by atoms with Crippen molar-refractivity contribution in [2.45, 2.75) is 37.9 Å². The number of carbonyl (C=O) groups excluding carboxylic acids is 1. The number of pyridine rings is 1. The number of halogens is 5. The van der Waals surface area contributed by atoms with Crippen molar-refractivity contribution in [3.05, 3.63) is 53.9 Å². The summed E-state index contributed by atoms with van der Waals surface area (Å²) in [7, 11) is 0. The van der Waals surface area contributed by atoms with Crippen LogP contribution < -0.4 is 10.6 Å². The lowest BCUT2D eigenvalue weighted by Gasteiger charge is -2.40. The van der Waals surface area contributed by atoms with E-state index in [4.69, 9.17) is 0 Å². The van der Waals surface area contributed by atoms with Gasteiger partial charge in [0, 0.05) is 23.3 Å². The number of aromatic nitrogens is 1. The van der Waals surface area contributed by atoms with E-state index >= 15 is 0 Å². The van der Waals surface area contributed by atoms with Crippen LogP contribution in [0.15, 0.2) is 36.5 Å². The highest BCUT2D eigenvalue weighted by molar-refractivity contribution is 5.92. The maximum absolute atomic E-state index is 14.1. The first-order chi connectivity index (χ1) is 14.1. The molecular formula is C21H20F5N3O. The van der Waals surface area contributed by atoms with Gasteiger partial charge in [-0.15, -0.1) is 0 Å². The number of hydrogen-bond acceptors (Lipinski definition) is 3. The number of hydrogen-bond donors (Lipinski definition) is 2. The molecule has 5 rings (SSSR count). The van der Waals surface area contributed by atoms with Crippen LogP contribution in [-0.4, -0.2) is 16.4 Å². The van der Waals surface area contributed by atoms with Crippen molar-refractivity contribution >= 4 is 17.3 Å². The van der Waals surface area contributed by atoms with Gasteiger partial charge in [-0.2, -0.15) is 17.6 Å². The molecule has 2 N–H and O–H groups in total. The summed E-state index contributed by atoms with van der Waals surface area (Å²) in [5.41, 5.74) is -1.92. The second kappa shape index (κ2) is 7.21. The van der Waals surface area contributed by atoms with Crippen molar-refractivity contribution in [1.29, 1.82) is 0 Å². The minimum absolute atomic E-state index is 0.0491. The maximum atomic E-state index is 14.1. The molecule has 0 spiro atoms. The third-order valence-corrected chi connectivity index (χ3v) is 6.31. The molecule has 160 valence electrons. The molecule has 2 atom stereocenters. The highest BCUT2D eigenvalue weighted by Gasteiger charge is 2.58. The van der Waals surface area contributed by atoms with Gasteiger partial charge in [0.15, 0.2) is 0 Å². The van der Waals surface area contributed by atoms with Crippen molar-refractivity contribution < 1.29 is 26.7 Å². The molecule has 1 amide bonds. The molecule has 2 bridgehead atoms. The zero-order valence-corrected chi connectivity index (χ0v) is 16.1. The van der Waals surface area contributed by atoms with E-state index in [2.05, 4.69) is 15.6 Å². The summed E-state index contributed by atoms with van der Waals surface area (Å²) >= 11 is 0. The Bertz CT molecular complexity index is 954. The summed E-state index contributed by atoms with van der Waals surface area (Å²) in [5, 5.41) is 5.52. The molecule has 3 aliphatic rings. The van der Waals surface area contributed by atoms with Gasteiger partial charge < -0.3 is 10.6 Å². The zero-order chi connectivity index (χ0) is 21.7. The number of fused-ring (bicyclic) bond motifs is 1. The van der Waals surface area contributed by atoms with Crippen LogP contribution in [0.4, 0.5) is 33.3 Å². The summed E-state index contributed by atoms with van der Waals surface area (Å²) in [6, 6.07) is 6.16. The van der Waals surface area contributed by atoms with Gasteiger partial charge in [-0.3, -0.25) is 4.79 Å². The molecule has 3 saturated carbocycles. The monoisotopic (exact) mass is 425 g/mol. The SMILES string of the molecule is CC(C(=O)Nc1ccc(F)cc1)[C@H]1CC2(Nc3c(C(F)(F)F)ccnc3F)CC1C2. The first-order valence-electron chi connectivity index (χ1n) is 9.64. The second-order valence-electron chi connectivity index (χ2n) is 8.25. The Kier molecular flexibility index (Phi) is 4.94. The Morgan fingerprint density at radius 1 is 1.13 bits per heavy atom. The molecule has 2 aromatic rings. The summed E-state index contributed by atoms with van der Waals surface area (Å²) in [6.45, 7) is 1.77. The molecule has 1 heterocycles. The molecular weight excluding hydrogens is 405 g/mol. The largest absolute Gasteiger partial charge is 0.418 e. The average Bonchev–Trinajstić information content (AvgIpc) is 3.19. The van der Waals surface area contributed by atoms with Gasteiger partial charge in [0.1, 0.15) is 11.5 Å². The van der Waals surface area contributed by atoms with Crippen LogP contribution in [0, 0.1) is 29.5 Å². The number of nitrogens with zero attached hydrogens (tertiary/aromatic N) is 1. The normalized spacial score (nSPS) is 26.1. The molecule has 1 aromatic heterocycles. The molecule has 30 heavy (non-hydrogen) atoms. The molecule has 0 saturated heterocycles. The Morgan fingerprint density at radius 3 is 2.43 bits per heavy atom. The van der Waals surface area contributed by atoms with E-state index in [0.717, 1.165) is 12.3 Å². The Balaban J connectivity index is 1.46. The van der Waals surface area contributed by atoms with E-state index in [-0.39, 0.29) is 17.7 Å². The third kappa shape index (κ3) is 3.73. The summed E-state index contributed by atoms with van der Waals surface area (Å²) in [4.78, 5) is 16.0. The van der Waals surface area contributed by atoms with E-state index in [1.165, 1.54) is 24.3 Å². The van der Waals surface area contributed by atoms with Crippen molar-refractivity contribution in [3.8, 4) is 0 Å². The smallest absolute Gasteiger partial charge is 0.375 e. The van der Waals surface area contributed by atoms with Crippen molar-refractivity contribution in [2.75, 3.05) is 10.6 Å². The van der Waals surface area contributed by atoms with Crippen LogP contribution in [0.2, 0.25) is 0 Å². The minimum atomic E-state index is -4.70. The van der Waals surface area contributed by atoms with Gasteiger partial charge in [-0.25, -0.2) is 9.37 Å². The number of anilines is 2. The fourth-order valence-electron chi connectivity index (χ4n) is 4.81. The number of carbonyl (C=O) groups is 1. The molecule has 1 aromatic carbocycles. The fourth-order valence-corrected chi connectivity index (χ4v) is 4.81. The maximum Gasteiger partial charge on any atom is 0.418 e. The lowest BCUT2D eigenvalue weighted by Crippen LogP contribution is -2.44. The third-order valence-electron chi connectivity index (χ3n) is 6.31. The number of amides is 1. The Hall–Kier alpha value is -2.71. The summed E-state index contributed by atoms with van der Waals surface area (Å²) in [6.07, 6.45) is -2.31. The van der Waals surface area contributed by atoms with Gasteiger partial charge >= 0.3 is 6.18 Å². The van der Waals surface area contributed by atoms with Gasteiger partial charge in [-0.1, -0.05) is 6.92 Å². The predicted molar refractivity (Wildman–Crippen MR) is 101 cm³/mol. The van der Waals surface area contributed by atoms with Gasteiger partial charge in [0.25, 0.3) is 0 Å². The number of benzene rings is 1. The number of nitrogens with one attached hydrogen (secondary N) is 2. The van der Waals surface area contributed by atoms with Crippen LogP contribution in [0.5, 0.6) is 0 Å². The van der Waals surface area contributed by atoms with E-state index in [1.807, 2.05) is 0 Å². The van der Waals surface area contributed by atoms with Crippen LogP contribution in [-0.2, 0) is 11.0 Å². The van der Waals surface area contributed by atoms with Crippen molar-refractivity contribution in [1.82, 2.24) is 4.98 Å². The summed E-state index contributed by atoms with van der Waals surface area (Å²) < 4.78 is 66.9. The molecule has 3 aliphatic carbocycles. The minimum Gasteiger partial charge on any atom is -0.375 e. The molecule has 9 heteroatoms. The van der Waals surface area contributed by atoms with Crippen LogP contribution in [0.3, 0.4) is 0 Å². The topological polar surface area (TPSA) is 54.0 Å². The standard InChI is InChI=1S/C21H20F5N3O/c1-11(19(30)28-14-4-2-13(22)3-5-14)15-10-20(8-12(15)9-20)29-17-16(21(24,25)26)6-7-27-18(17)23/h2-7,11-12,15,29H,8-10H2,1H3,(H,28,30)/t11?,12?,15-,20?/m1/s1. The fraction of sp³-hybridized carbons (Fsp3) is 0.429. The van der Waals surface area contributed by atoms with Gasteiger partial charge in [0.05, 0.1) is 5.56 Å². The van der Waals surface area contributed by atoms with Crippen molar-refractivity contribution in [2.24, 2.45) is 17.8 Å². The molecule has 0 radical (unpaired) electrons. The zero-order valence-electron chi connectivity index (χ0n) is 16.1. The van der Waals surface area contributed by atoms with E-state index in [9.17, 15) is 26.7 Å². The van der Waals surface area contributed by atoms with Crippen LogP contribution in [0.25, 0.3) is 0 Å². The highest BCUT2D eigenvalue weighted by Crippen LogP contribution is 2.59. The average molecular weight is 425 g/mol. The van der Waals surface area contributed by atoms with Gasteiger partial charge in [-0.05, 0) is 61.4 Å². The van der Waals surface area contributed by atoms with Gasteiger partial charge in [0.2, 0.25) is 11.9 Å². The van der Waals surface area contributed by atoms with E-state index in [0.29, 0.717) is 24.9 Å². The van der Waals surface area contributed by atoms with Crippen molar-refractivity contribution in [3.63, 3.8) is 0 Å². The molecule has 0 aliphatic heterocycles. The van der Waals surface area contributed by atoms with E-state index in [1.54, 1.807) is 6.92 Å². The number of alkyl halides is 3. The van der Waals surface area contributed by atoms with Crippen LogP contribution >= 0.6 is 0 Å². The first kappa shape index (κ1) is 20.6. The lowest BCUT2D eigenvalue weighted by atomic mass is 9.74. The Morgan fingerprint density at radius 2 is 1.80 bits per heavy atom. The molecule has 3 fully saturated rings. The summed E-state index contributed by atoms with van der Waals surface area (Å²) in [5.74, 6) is -2.11. The molecule has 4 nitrogen and oxygen atoms in total. The van der Waals surface area contributed by atoms with E-state index < -0.39 is 40.6 Å². The first-order valence-corrected chi connectivity index (χ1v) is 9.64.